The van der Waals surface area contributed by atoms with Gasteiger partial charge in [-0.15, -0.1) is 6.42 Å². The molecular formula is C9H7F. The fourth-order valence-electron chi connectivity index (χ4n) is 0.789. The second kappa shape index (κ2) is 2.53. The van der Waals surface area contributed by atoms with Crippen molar-refractivity contribution in [2.45, 2.75) is 6.92 Å². The highest BCUT2D eigenvalue weighted by atomic mass is 19.1. The molecule has 0 spiro atoms. The van der Waals surface area contributed by atoms with Crippen LogP contribution in [0.15, 0.2) is 18.2 Å². The summed E-state index contributed by atoms with van der Waals surface area (Å²) in [5.41, 5.74) is 1.56. The normalized spacial score (nSPS) is 8.90. The predicted octanol–water partition coefficient (Wildman–Crippen LogP) is 2.12. The molecule has 0 heterocycles. The summed E-state index contributed by atoms with van der Waals surface area (Å²) in [7, 11) is 0. The lowest BCUT2D eigenvalue weighted by molar-refractivity contribution is 0.626. The molecule has 0 nitrogen and oxygen atoms in total. The largest absolute Gasteiger partial charge is 0.207 e. The van der Waals surface area contributed by atoms with E-state index in [1.807, 2.05) is 0 Å². The first-order valence-corrected chi connectivity index (χ1v) is 2.97. The van der Waals surface area contributed by atoms with Crippen molar-refractivity contribution in [3.8, 4) is 12.3 Å². The van der Waals surface area contributed by atoms with Crippen LogP contribution in [-0.4, -0.2) is 0 Å². The number of hydrogen-bond donors (Lipinski definition) is 0. The Morgan fingerprint density at radius 1 is 1.50 bits per heavy atom. The minimum atomic E-state index is -0.239. The molecule has 1 aromatic carbocycles. The van der Waals surface area contributed by atoms with Gasteiger partial charge in [0.15, 0.2) is 0 Å². The summed E-state index contributed by atoms with van der Waals surface area (Å²) < 4.78 is 12.4. The Morgan fingerprint density at radius 2 is 2.20 bits per heavy atom. The van der Waals surface area contributed by atoms with Gasteiger partial charge in [-0.05, 0) is 30.7 Å². The SMILES string of the molecule is C#Cc1ccc(F)cc1C. The molecule has 0 saturated carbocycles. The third kappa shape index (κ3) is 1.16. The van der Waals surface area contributed by atoms with Crippen molar-refractivity contribution in [2.24, 2.45) is 0 Å². The van der Waals surface area contributed by atoms with E-state index in [0.717, 1.165) is 11.1 Å². The van der Waals surface area contributed by atoms with Crippen molar-refractivity contribution in [3.05, 3.63) is 35.1 Å². The number of rotatable bonds is 0. The highest BCUT2D eigenvalue weighted by Crippen LogP contribution is 2.07. The van der Waals surface area contributed by atoms with Crippen LogP contribution >= 0.6 is 0 Å². The summed E-state index contributed by atoms with van der Waals surface area (Å²) in [6, 6.07) is 4.39. The van der Waals surface area contributed by atoms with Gasteiger partial charge in [0.25, 0.3) is 0 Å². The first kappa shape index (κ1) is 6.82. The monoisotopic (exact) mass is 134 g/mol. The van der Waals surface area contributed by atoms with Crippen molar-refractivity contribution >= 4 is 0 Å². The molecule has 0 amide bonds. The molecule has 0 radical (unpaired) electrons. The maximum atomic E-state index is 12.4. The second-order valence-corrected chi connectivity index (χ2v) is 2.10. The Balaban J connectivity index is 3.23. The third-order valence-corrected chi connectivity index (χ3v) is 1.34. The first-order chi connectivity index (χ1) is 4.74. The maximum absolute atomic E-state index is 12.4. The maximum Gasteiger partial charge on any atom is 0.123 e. The van der Waals surface area contributed by atoms with Gasteiger partial charge in [-0.2, -0.15) is 0 Å². The van der Waals surface area contributed by atoms with Crippen molar-refractivity contribution in [3.63, 3.8) is 0 Å². The zero-order valence-corrected chi connectivity index (χ0v) is 5.69. The van der Waals surface area contributed by atoms with Gasteiger partial charge in [0.1, 0.15) is 5.82 Å². The molecule has 0 aromatic heterocycles. The summed E-state index contributed by atoms with van der Waals surface area (Å²) in [6.07, 6.45) is 5.13. The standard InChI is InChI=1S/C9H7F/c1-3-8-4-5-9(10)6-7(8)2/h1,4-6H,2H3. The van der Waals surface area contributed by atoms with E-state index in [1.165, 1.54) is 12.1 Å². The first-order valence-electron chi connectivity index (χ1n) is 2.97. The number of benzene rings is 1. The lowest BCUT2D eigenvalue weighted by Crippen LogP contribution is -1.82. The van der Waals surface area contributed by atoms with Crippen molar-refractivity contribution < 1.29 is 4.39 Å². The molecular weight excluding hydrogens is 127 g/mol. The molecule has 0 atom stereocenters. The summed E-state index contributed by atoms with van der Waals surface area (Å²) in [6.45, 7) is 1.79. The number of aryl methyl sites for hydroxylation is 1. The van der Waals surface area contributed by atoms with Gasteiger partial charge >= 0.3 is 0 Å². The quantitative estimate of drug-likeness (QED) is 0.477. The van der Waals surface area contributed by atoms with E-state index in [2.05, 4.69) is 5.92 Å². The topological polar surface area (TPSA) is 0 Å². The molecule has 0 N–H and O–H groups in total. The van der Waals surface area contributed by atoms with Gasteiger partial charge in [0.2, 0.25) is 0 Å². The molecule has 50 valence electrons. The van der Waals surface area contributed by atoms with Crippen LogP contribution in [0.25, 0.3) is 0 Å². The molecule has 10 heavy (non-hydrogen) atoms. The second-order valence-electron chi connectivity index (χ2n) is 2.10. The molecule has 0 aliphatic heterocycles. The lowest BCUT2D eigenvalue weighted by atomic mass is 10.1. The summed E-state index contributed by atoms with van der Waals surface area (Å²) in [4.78, 5) is 0. The van der Waals surface area contributed by atoms with Crippen molar-refractivity contribution in [1.29, 1.82) is 0 Å². The molecule has 0 aliphatic rings. The highest BCUT2D eigenvalue weighted by Gasteiger charge is 1.94. The van der Waals surface area contributed by atoms with Crippen LogP contribution in [0.5, 0.6) is 0 Å². The van der Waals surface area contributed by atoms with Gasteiger partial charge in [-0.25, -0.2) is 4.39 Å². The Hall–Kier alpha value is -1.29. The van der Waals surface area contributed by atoms with Crippen molar-refractivity contribution in [1.82, 2.24) is 0 Å². The average molecular weight is 134 g/mol. The smallest absolute Gasteiger partial charge is 0.123 e. The van der Waals surface area contributed by atoms with E-state index in [-0.39, 0.29) is 5.82 Å². The fourth-order valence-corrected chi connectivity index (χ4v) is 0.789. The van der Waals surface area contributed by atoms with Gasteiger partial charge < -0.3 is 0 Å². The van der Waals surface area contributed by atoms with Crippen LogP contribution in [0.1, 0.15) is 11.1 Å². The summed E-state index contributed by atoms with van der Waals surface area (Å²) in [5, 5.41) is 0. The van der Waals surface area contributed by atoms with Crippen LogP contribution < -0.4 is 0 Å². The van der Waals surface area contributed by atoms with Crippen LogP contribution in [-0.2, 0) is 0 Å². The molecule has 1 rings (SSSR count). The molecule has 0 aliphatic carbocycles. The number of hydrogen-bond acceptors (Lipinski definition) is 0. The molecule has 0 unspecified atom stereocenters. The van der Waals surface area contributed by atoms with Crippen LogP contribution in [0.3, 0.4) is 0 Å². The van der Waals surface area contributed by atoms with Crippen LogP contribution in [0.4, 0.5) is 4.39 Å². The Bertz CT molecular complexity index is 281. The highest BCUT2D eigenvalue weighted by molar-refractivity contribution is 5.38. The average Bonchev–Trinajstić information content (AvgIpc) is 1.88. The van der Waals surface area contributed by atoms with Gasteiger partial charge in [0, 0.05) is 5.56 Å². The third-order valence-electron chi connectivity index (χ3n) is 1.34. The zero-order chi connectivity index (χ0) is 7.56. The van der Waals surface area contributed by atoms with E-state index in [0.29, 0.717) is 0 Å². The number of terminal acetylenes is 1. The van der Waals surface area contributed by atoms with Crippen molar-refractivity contribution in [2.75, 3.05) is 0 Å². The molecule has 0 fully saturated rings. The zero-order valence-electron chi connectivity index (χ0n) is 5.69. The van der Waals surface area contributed by atoms with E-state index in [1.54, 1.807) is 13.0 Å². The molecule has 1 aromatic rings. The predicted molar refractivity (Wildman–Crippen MR) is 39.1 cm³/mol. The fraction of sp³-hybridized carbons (Fsp3) is 0.111. The molecule has 0 saturated heterocycles. The van der Waals surface area contributed by atoms with E-state index < -0.39 is 0 Å². The number of halogens is 1. The van der Waals surface area contributed by atoms with Gasteiger partial charge in [-0.1, -0.05) is 5.92 Å². The summed E-state index contributed by atoms with van der Waals surface area (Å²) >= 11 is 0. The van der Waals surface area contributed by atoms with Gasteiger partial charge in [-0.3, -0.25) is 0 Å². The van der Waals surface area contributed by atoms with E-state index in [9.17, 15) is 4.39 Å². The summed E-state index contributed by atoms with van der Waals surface area (Å²) in [5.74, 6) is 2.22. The molecule has 0 bridgehead atoms. The minimum Gasteiger partial charge on any atom is -0.207 e. The molecule has 1 heteroatoms. The Labute approximate surface area is 59.7 Å². The van der Waals surface area contributed by atoms with E-state index >= 15 is 0 Å². The minimum absolute atomic E-state index is 0.239. The Morgan fingerprint density at radius 3 is 2.70 bits per heavy atom. The van der Waals surface area contributed by atoms with Gasteiger partial charge in [0.05, 0.1) is 0 Å². The van der Waals surface area contributed by atoms with E-state index in [4.69, 9.17) is 6.42 Å². The lowest BCUT2D eigenvalue weighted by Gasteiger charge is -1.95. The van der Waals surface area contributed by atoms with Crippen LogP contribution in [0, 0.1) is 25.1 Å². The Kier molecular flexibility index (Phi) is 1.73. The van der Waals surface area contributed by atoms with Crippen LogP contribution in [0.2, 0.25) is 0 Å².